The van der Waals surface area contributed by atoms with E-state index in [0.717, 1.165) is 82.9 Å². The Balaban J connectivity index is 0.00000341. The van der Waals surface area contributed by atoms with Gasteiger partial charge in [0.1, 0.15) is 5.82 Å². The highest BCUT2D eigenvalue weighted by Gasteiger charge is 2.28. The van der Waals surface area contributed by atoms with Crippen LogP contribution in [0.1, 0.15) is 26.3 Å². The van der Waals surface area contributed by atoms with Crippen LogP contribution >= 0.6 is 24.0 Å². The van der Waals surface area contributed by atoms with Gasteiger partial charge in [0.2, 0.25) is 0 Å². The predicted octanol–water partition coefficient (Wildman–Crippen LogP) is 1.62. The number of hydrogen-bond donors (Lipinski definition) is 2. The van der Waals surface area contributed by atoms with Crippen molar-refractivity contribution in [3.05, 3.63) is 23.9 Å². The van der Waals surface area contributed by atoms with Crippen LogP contribution in [0.2, 0.25) is 0 Å². The van der Waals surface area contributed by atoms with Gasteiger partial charge in [-0.05, 0) is 39.4 Å². The largest absolute Gasteiger partial charge is 0.379 e. The summed E-state index contributed by atoms with van der Waals surface area (Å²) in [6.07, 6.45) is 1.96. The average molecular weight is 546 g/mol. The lowest BCUT2D eigenvalue weighted by Gasteiger charge is -2.41. The number of anilines is 1. The van der Waals surface area contributed by atoms with E-state index in [0.29, 0.717) is 6.54 Å². The van der Waals surface area contributed by atoms with Crippen LogP contribution in [0, 0.1) is 0 Å². The highest BCUT2D eigenvalue weighted by atomic mass is 127. The lowest BCUT2D eigenvalue weighted by molar-refractivity contribution is -0.00834. The van der Waals surface area contributed by atoms with E-state index in [1.807, 2.05) is 6.20 Å². The van der Waals surface area contributed by atoms with Crippen LogP contribution in [0.25, 0.3) is 0 Å². The van der Waals surface area contributed by atoms with Crippen molar-refractivity contribution in [2.45, 2.75) is 32.9 Å². The molecule has 0 spiro atoms. The van der Waals surface area contributed by atoms with Crippen LogP contribution in [0.4, 0.5) is 5.82 Å². The number of pyridine rings is 1. The summed E-state index contributed by atoms with van der Waals surface area (Å²) >= 11 is 0. The SMILES string of the molecule is CCNC(=NCc1ccc(N2CCN(C)CC2)nc1)NCC(C)(C)N1CCOCC1.I. The third kappa shape index (κ3) is 8.03. The first kappa shape index (κ1) is 26.1. The summed E-state index contributed by atoms with van der Waals surface area (Å²) in [6.45, 7) is 16.8. The van der Waals surface area contributed by atoms with E-state index >= 15 is 0 Å². The predicted molar refractivity (Wildman–Crippen MR) is 139 cm³/mol. The molecule has 2 aliphatic heterocycles. The minimum Gasteiger partial charge on any atom is -0.379 e. The first-order valence-electron chi connectivity index (χ1n) is 11.2. The molecule has 0 aromatic carbocycles. The summed E-state index contributed by atoms with van der Waals surface area (Å²) in [5, 5.41) is 6.88. The fourth-order valence-corrected chi connectivity index (χ4v) is 3.83. The molecule has 0 unspecified atom stereocenters. The fourth-order valence-electron chi connectivity index (χ4n) is 3.83. The van der Waals surface area contributed by atoms with Crippen LogP contribution in [0.3, 0.4) is 0 Å². The molecule has 2 saturated heterocycles. The second-order valence-electron chi connectivity index (χ2n) is 8.78. The molecule has 3 heterocycles. The van der Waals surface area contributed by atoms with Crippen molar-refractivity contribution < 1.29 is 4.74 Å². The summed E-state index contributed by atoms with van der Waals surface area (Å²) in [5.74, 6) is 1.91. The number of nitrogens with one attached hydrogen (secondary N) is 2. The van der Waals surface area contributed by atoms with Gasteiger partial charge in [0.15, 0.2) is 5.96 Å². The van der Waals surface area contributed by atoms with E-state index in [2.05, 4.69) is 70.3 Å². The van der Waals surface area contributed by atoms with Crippen LogP contribution in [0.5, 0.6) is 0 Å². The van der Waals surface area contributed by atoms with E-state index in [1.165, 1.54) is 0 Å². The van der Waals surface area contributed by atoms with Crippen LogP contribution in [-0.2, 0) is 11.3 Å². The Morgan fingerprint density at radius 3 is 2.42 bits per heavy atom. The lowest BCUT2D eigenvalue weighted by Crippen LogP contribution is -2.56. The van der Waals surface area contributed by atoms with Crippen molar-refractivity contribution in [3.8, 4) is 0 Å². The molecule has 1 aromatic heterocycles. The molecule has 176 valence electrons. The van der Waals surface area contributed by atoms with E-state index in [1.54, 1.807) is 0 Å². The molecule has 0 amide bonds. The molecule has 0 atom stereocenters. The zero-order valence-electron chi connectivity index (χ0n) is 19.6. The van der Waals surface area contributed by atoms with Gasteiger partial charge in [-0.2, -0.15) is 0 Å². The van der Waals surface area contributed by atoms with Crippen molar-refractivity contribution in [2.24, 2.45) is 4.99 Å². The van der Waals surface area contributed by atoms with E-state index < -0.39 is 0 Å². The number of aliphatic imine (C=N–C) groups is 1. The molecule has 3 rings (SSSR count). The molecule has 0 saturated carbocycles. The molecule has 31 heavy (non-hydrogen) atoms. The number of nitrogens with zero attached hydrogens (tertiary/aromatic N) is 5. The molecule has 0 bridgehead atoms. The van der Waals surface area contributed by atoms with Gasteiger partial charge in [0.05, 0.1) is 19.8 Å². The summed E-state index contributed by atoms with van der Waals surface area (Å²) in [5.41, 5.74) is 1.17. The van der Waals surface area contributed by atoms with Gasteiger partial charge in [0, 0.05) is 64.1 Å². The Bertz CT molecular complexity index is 669. The summed E-state index contributed by atoms with van der Waals surface area (Å²) in [4.78, 5) is 16.6. The smallest absolute Gasteiger partial charge is 0.191 e. The zero-order valence-corrected chi connectivity index (χ0v) is 21.9. The molecular formula is C22H40IN7O. The van der Waals surface area contributed by atoms with Crippen LogP contribution in [0.15, 0.2) is 23.3 Å². The molecule has 2 N–H and O–H groups in total. The summed E-state index contributed by atoms with van der Waals surface area (Å²) in [7, 11) is 2.17. The third-order valence-corrected chi connectivity index (χ3v) is 5.96. The van der Waals surface area contributed by atoms with Crippen LogP contribution in [-0.4, -0.2) is 98.9 Å². The average Bonchev–Trinajstić information content (AvgIpc) is 2.77. The highest BCUT2D eigenvalue weighted by Crippen LogP contribution is 2.16. The monoisotopic (exact) mass is 545 g/mol. The lowest BCUT2D eigenvalue weighted by atomic mass is 10.0. The van der Waals surface area contributed by atoms with Crippen molar-refractivity contribution >= 4 is 35.8 Å². The van der Waals surface area contributed by atoms with Gasteiger partial charge in [-0.1, -0.05) is 6.07 Å². The maximum Gasteiger partial charge on any atom is 0.191 e. The standard InChI is InChI=1S/C22H39N7O.HI/c1-5-23-21(26-18-22(2,3)29-12-14-30-15-13-29)25-17-19-6-7-20(24-16-19)28-10-8-27(4)9-11-28;/h6-7,16H,5,8-15,17-18H2,1-4H3,(H2,23,25,26);1H. The fraction of sp³-hybridized carbons (Fsp3) is 0.727. The third-order valence-electron chi connectivity index (χ3n) is 5.96. The number of guanidine groups is 1. The van der Waals surface area contributed by atoms with Gasteiger partial charge in [0.25, 0.3) is 0 Å². The number of piperazine rings is 1. The Kier molecular flexibility index (Phi) is 10.7. The molecule has 9 heteroatoms. The molecule has 0 aliphatic carbocycles. The van der Waals surface area contributed by atoms with Gasteiger partial charge < -0.3 is 25.2 Å². The second kappa shape index (κ2) is 12.8. The number of likely N-dealkylation sites (N-methyl/N-ethyl adjacent to an activating group) is 1. The Hall–Kier alpha value is -1.17. The van der Waals surface area contributed by atoms with Gasteiger partial charge in [-0.3, -0.25) is 4.90 Å². The van der Waals surface area contributed by atoms with Crippen molar-refractivity contribution in [2.75, 3.05) is 77.5 Å². The number of rotatable bonds is 7. The second-order valence-corrected chi connectivity index (χ2v) is 8.78. The minimum absolute atomic E-state index is 0. The molecule has 8 nitrogen and oxygen atoms in total. The number of hydrogen-bond acceptors (Lipinski definition) is 6. The van der Waals surface area contributed by atoms with Crippen LogP contribution < -0.4 is 15.5 Å². The quantitative estimate of drug-likeness (QED) is 0.307. The number of morpholine rings is 1. The van der Waals surface area contributed by atoms with E-state index in [-0.39, 0.29) is 29.5 Å². The maximum absolute atomic E-state index is 5.49. The molecule has 2 fully saturated rings. The summed E-state index contributed by atoms with van der Waals surface area (Å²) in [6, 6.07) is 4.27. The zero-order chi connectivity index (χ0) is 21.4. The number of ether oxygens (including phenoxy) is 1. The van der Waals surface area contributed by atoms with Gasteiger partial charge in [-0.15, -0.1) is 24.0 Å². The highest BCUT2D eigenvalue weighted by molar-refractivity contribution is 14.0. The molecular weight excluding hydrogens is 505 g/mol. The van der Waals surface area contributed by atoms with Crippen molar-refractivity contribution in [1.82, 2.24) is 25.4 Å². The normalized spacial score (nSPS) is 19.1. The van der Waals surface area contributed by atoms with Crippen molar-refractivity contribution in [1.29, 1.82) is 0 Å². The van der Waals surface area contributed by atoms with Gasteiger partial charge in [-0.25, -0.2) is 9.98 Å². The Morgan fingerprint density at radius 2 is 1.81 bits per heavy atom. The van der Waals surface area contributed by atoms with E-state index in [9.17, 15) is 0 Å². The first-order chi connectivity index (χ1) is 14.5. The maximum atomic E-state index is 5.49. The van der Waals surface area contributed by atoms with E-state index in [4.69, 9.17) is 9.73 Å². The summed E-state index contributed by atoms with van der Waals surface area (Å²) < 4.78 is 5.49. The minimum atomic E-state index is 0. The molecule has 0 radical (unpaired) electrons. The van der Waals surface area contributed by atoms with Crippen molar-refractivity contribution in [3.63, 3.8) is 0 Å². The molecule has 1 aromatic rings. The number of aromatic nitrogens is 1. The number of halogens is 1. The molecule has 2 aliphatic rings. The first-order valence-corrected chi connectivity index (χ1v) is 11.2. The Labute approximate surface area is 204 Å². The van der Waals surface area contributed by atoms with Gasteiger partial charge >= 0.3 is 0 Å². The Morgan fingerprint density at radius 1 is 1.10 bits per heavy atom. The topological polar surface area (TPSA) is 68.3 Å².